The molecule has 0 amide bonds. The topological polar surface area (TPSA) is 87.7 Å². The molecule has 6 nitrogen and oxygen atoms in total. The van der Waals surface area contributed by atoms with Gasteiger partial charge in [-0.25, -0.2) is 10.2 Å². The molecule has 3 N–H and O–H groups in total. The molecule has 1 saturated carbocycles. The molecule has 1 aliphatic heterocycles. The van der Waals surface area contributed by atoms with Crippen LogP contribution < -0.4 is 10.9 Å². The van der Waals surface area contributed by atoms with Crippen LogP contribution in [-0.2, 0) is 14.3 Å². The number of hydrogen-bond donors (Lipinski definition) is 3. The Labute approximate surface area is 100 Å². The monoisotopic (exact) mass is 270 g/mol. The van der Waals surface area contributed by atoms with Crippen LogP contribution in [0.2, 0.25) is 0 Å². The van der Waals surface area contributed by atoms with E-state index in [1.54, 1.807) is 0 Å². The summed E-state index contributed by atoms with van der Waals surface area (Å²) in [6.45, 7) is 0.984. The predicted molar refractivity (Wildman–Crippen MR) is 52.2 cm³/mol. The fourth-order valence-corrected chi connectivity index (χ4v) is 1.68. The van der Waals surface area contributed by atoms with Crippen molar-refractivity contribution < 1.29 is 32.6 Å². The first kappa shape index (κ1) is 14.7. The SMILES string of the molecule is COC(=O)[C@H]1NNC[C@@H]2C[C@@H]21.O=C(O)C(F)(F)F. The van der Waals surface area contributed by atoms with E-state index in [-0.39, 0.29) is 12.0 Å². The van der Waals surface area contributed by atoms with Gasteiger partial charge in [0.2, 0.25) is 0 Å². The summed E-state index contributed by atoms with van der Waals surface area (Å²) in [5, 5.41) is 7.12. The first-order valence-electron chi connectivity index (χ1n) is 5.13. The van der Waals surface area contributed by atoms with Gasteiger partial charge in [0.25, 0.3) is 0 Å². The molecule has 2 fully saturated rings. The van der Waals surface area contributed by atoms with Gasteiger partial charge in [-0.15, -0.1) is 0 Å². The van der Waals surface area contributed by atoms with Crippen LogP contribution in [-0.4, -0.2) is 42.9 Å². The van der Waals surface area contributed by atoms with E-state index in [4.69, 9.17) is 9.90 Å². The van der Waals surface area contributed by atoms with E-state index in [1.165, 1.54) is 7.11 Å². The lowest BCUT2D eigenvalue weighted by molar-refractivity contribution is -0.192. The normalized spacial score (nSPS) is 29.4. The van der Waals surface area contributed by atoms with Crippen molar-refractivity contribution in [3.05, 3.63) is 0 Å². The number of ether oxygens (including phenoxy) is 1. The quantitative estimate of drug-likeness (QED) is 0.577. The molecule has 0 aromatic carbocycles. The van der Waals surface area contributed by atoms with Crippen LogP contribution in [0.25, 0.3) is 0 Å². The Hall–Kier alpha value is -1.35. The average Bonchev–Trinajstić information content (AvgIpc) is 3.06. The lowest BCUT2D eigenvalue weighted by Gasteiger charge is -2.21. The van der Waals surface area contributed by atoms with Crippen molar-refractivity contribution in [2.24, 2.45) is 11.8 Å². The van der Waals surface area contributed by atoms with Crippen LogP contribution in [0.15, 0.2) is 0 Å². The average molecular weight is 270 g/mol. The number of carboxylic acids is 1. The fourth-order valence-electron chi connectivity index (χ4n) is 1.68. The number of alkyl halides is 3. The summed E-state index contributed by atoms with van der Waals surface area (Å²) >= 11 is 0. The molecule has 0 bridgehead atoms. The lowest BCUT2D eigenvalue weighted by atomic mass is 10.1. The van der Waals surface area contributed by atoms with Crippen molar-refractivity contribution in [1.82, 2.24) is 10.9 Å². The van der Waals surface area contributed by atoms with Crippen molar-refractivity contribution in [3.63, 3.8) is 0 Å². The summed E-state index contributed by atoms with van der Waals surface area (Å²) in [7, 11) is 1.43. The van der Waals surface area contributed by atoms with E-state index in [2.05, 4.69) is 15.6 Å². The minimum Gasteiger partial charge on any atom is -0.475 e. The van der Waals surface area contributed by atoms with E-state index >= 15 is 0 Å². The lowest BCUT2D eigenvalue weighted by Crippen LogP contribution is -2.51. The number of esters is 1. The zero-order valence-electron chi connectivity index (χ0n) is 9.45. The van der Waals surface area contributed by atoms with E-state index < -0.39 is 12.1 Å². The summed E-state index contributed by atoms with van der Waals surface area (Å²) in [4.78, 5) is 20.0. The Kier molecular flexibility index (Phi) is 4.52. The van der Waals surface area contributed by atoms with E-state index in [0.717, 1.165) is 13.0 Å². The molecule has 2 aliphatic rings. The van der Waals surface area contributed by atoms with Crippen LogP contribution in [0.3, 0.4) is 0 Å². The number of carboxylic acid groups (broad SMARTS) is 1. The Morgan fingerprint density at radius 3 is 2.39 bits per heavy atom. The van der Waals surface area contributed by atoms with Crippen molar-refractivity contribution in [2.75, 3.05) is 13.7 Å². The first-order chi connectivity index (χ1) is 8.27. The summed E-state index contributed by atoms with van der Waals surface area (Å²) in [6.07, 6.45) is -3.93. The number of rotatable bonds is 1. The number of nitrogens with one attached hydrogen (secondary N) is 2. The second kappa shape index (κ2) is 5.53. The van der Waals surface area contributed by atoms with E-state index in [0.29, 0.717) is 11.8 Å². The number of hydrogen-bond acceptors (Lipinski definition) is 5. The maximum Gasteiger partial charge on any atom is 0.490 e. The maximum absolute atomic E-state index is 11.1. The highest BCUT2D eigenvalue weighted by molar-refractivity contribution is 5.76. The number of carbonyl (C=O) groups is 2. The first-order valence-corrected chi connectivity index (χ1v) is 5.13. The number of methoxy groups -OCH3 is 1. The molecule has 0 aromatic heterocycles. The number of aliphatic carboxylic acids is 1. The number of hydrazine groups is 1. The van der Waals surface area contributed by atoms with Gasteiger partial charge >= 0.3 is 18.1 Å². The van der Waals surface area contributed by atoms with E-state index in [1.807, 2.05) is 0 Å². The smallest absolute Gasteiger partial charge is 0.475 e. The molecule has 2 rings (SSSR count). The number of fused-ring (bicyclic) bond motifs is 1. The zero-order valence-corrected chi connectivity index (χ0v) is 9.45. The molecular weight excluding hydrogens is 257 g/mol. The molecule has 0 radical (unpaired) electrons. The summed E-state index contributed by atoms with van der Waals surface area (Å²) in [6, 6.07) is -0.112. The summed E-state index contributed by atoms with van der Waals surface area (Å²) in [5.41, 5.74) is 5.93. The highest BCUT2D eigenvalue weighted by atomic mass is 19.4. The molecule has 0 aromatic rings. The highest BCUT2D eigenvalue weighted by Crippen LogP contribution is 2.42. The molecule has 18 heavy (non-hydrogen) atoms. The highest BCUT2D eigenvalue weighted by Gasteiger charge is 2.48. The Morgan fingerprint density at radius 1 is 1.39 bits per heavy atom. The van der Waals surface area contributed by atoms with Crippen molar-refractivity contribution in [2.45, 2.75) is 18.6 Å². The minimum atomic E-state index is -5.08. The fraction of sp³-hybridized carbons (Fsp3) is 0.778. The van der Waals surface area contributed by atoms with Gasteiger partial charge in [0.05, 0.1) is 7.11 Å². The van der Waals surface area contributed by atoms with Crippen LogP contribution in [0.1, 0.15) is 6.42 Å². The maximum atomic E-state index is 11.1. The van der Waals surface area contributed by atoms with E-state index in [9.17, 15) is 18.0 Å². The Bertz CT molecular complexity index is 334. The second-order valence-electron chi connectivity index (χ2n) is 3.99. The number of halogens is 3. The van der Waals surface area contributed by atoms with Crippen LogP contribution in [0.5, 0.6) is 0 Å². The molecular formula is C9H13F3N2O4. The van der Waals surface area contributed by atoms with Crippen LogP contribution in [0.4, 0.5) is 13.2 Å². The zero-order chi connectivity index (χ0) is 13.9. The summed E-state index contributed by atoms with van der Waals surface area (Å²) in [5.74, 6) is -1.69. The molecule has 9 heteroatoms. The van der Waals surface area contributed by atoms with Gasteiger partial charge in [0, 0.05) is 6.54 Å². The molecule has 3 atom stereocenters. The molecule has 0 spiro atoms. The largest absolute Gasteiger partial charge is 0.490 e. The standard InChI is InChI=1S/C7H12N2O2.C2HF3O2/c1-11-7(10)6-5-2-4(5)3-8-9-6;3-2(4,5)1(6)7/h4-6,8-9H,2-3H2,1H3;(H,6,7)/t4-,5-,6-;/m0./s1. The molecule has 0 unspecified atom stereocenters. The third-order valence-electron chi connectivity index (χ3n) is 2.72. The Balaban J connectivity index is 0.000000203. The van der Waals surface area contributed by atoms with Gasteiger partial charge < -0.3 is 9.84 Å². The second-order valence-corrected chi connectivity index (χ2v) is 3.99. The van der Waals surface area contributed by atoms with Crippen LogP contribution >= 0.6 is 0 Å². The van der Waals surface area contributed by atoms with Gasteiger partial charge in [-0.1, -0.05) is 0 Å². The Morgan fingerprint density at radius 2 is 1.94 bits per heavy atom. The van der Waals surface area contributed by atoms with Gasteiger partial charge in [-0.2, -0.15) is 13.2 Å². The molecule has 104 valence electrons. The minimum absolute atomic E-state index is 0.112. The van der Waals surface area contributed by atoms with Crippen molar-refractivity contribution >= 4 is 11.9 Å². The third kappa shape index (κ3) is 3.84. The van der Waals surface area contributed by atoms with Gasteiger partial charge in [-0.3, -0.25) is 10.2 Å². The predicted octanol–water partition coefficient (Wildman–Crippen LogP) is -0.0948. The number of carbonyl (C=O) groups excluding carboxylic acids is 1. The van der Waals surface area contributed by atoms with Crippen molar-refractivity contribution in [3.8, 4) is 0 Å². The molecule has 1 aliphatic carbocycles. The van der Waals surface area contributed by atoms with Gasteiger partial charge in [0.1, 0.15) is 6.04 Å². The molecule has 1 saturated heterocycles. The summed E-state index contributed by atoms with van der Waals surface area (Å²) < 4.78 is 36.4. The van der Waals surface area contributed by atoms with Crippen molar-refractivity contribution in [1.29, 1.82) is 0 Å². The molecule has 1 heterocycles. The third-order valence-corrected chi connectivity index (χ3v) is 2.72. The van der Waals surface area contributed by atoms with Gasteiger partial charge in [0.15, 0.2) is 0 Å². The van der Waals surface area contributed by atoms with Crippen LogP contribution in [0, 0.1) is 11.8 Å². The van der Waals surface area contributed by atoms with Gasteiger partial charge in [-0.05, 0) is 18.3 Å².